The van der Waals surface area contributed by atoms with Crippen LogP contribution in [0.1, 0.15) is 17.0 Å². The van der Waals surface area contributed by atoms with Gasteiger partial charge in [-0.3, -0.25) is 25.8 Å². The van der Waals surface area contributed by atoms with Gasteiger partial charge in [-0.1, -0.05) is 60.7 Å². The lowest BCUT2D eigenvalue weighted by Crippen LogP contribution is -2.35. The van der Waals surface area contributed by atoms with Gasteiger partial charge < -0.3 is 10.1 Å². The summed E-state index contributed by atoms with van der Waals surface area (Å²) in [7, 11) is 1.55. The van der Waals surface area contributed by atoms with E-state index >= 15 is 0 Å². The van der Waals surface area contributed by atoms with E-state index in [1.807, 2.05) is 60.7 Å². The molecule has 3 aromatic carbocycles. The maximum atomic E-state index is 13.2. The Kier molecular flexibility index (Phi) is 7.12. The number of benzene rings is 3. The molecule has 10 heteroatoms. The fourth-order valence-electron chi connectivity index (χ4n) is 3.52. The van der Waals surface area contributed by atoms with Gasteiger partial charge in [0.25, 0.3) is 0 Å². The van der Waals surface area contributed by atoms with Crippen LogP contribution in [-0.2, 0) is 4.79 Å². The number of nitrogens with zero attached hydrogens (tertiary/aromatic N) is 3. The van der Waals surface area contributed by atoms with E-state index in [1.54, 1.807) is 31.4 Å². The van der Waals surface area contributed by atoms with E-state index in [-0.39, 0.29) is 11.6 Å². The highest BCUT2D eigenvalue weighted by molar-refractivity contribution is 5.88. The molecule has 1 aromatic heterocycles. The highest BCUT2D eigenvalue weighted by Crippen LogP contribution is 2.31. The minimum absolute atomic E-state index is 0.0328. The summed E-state index contributed by atoms with van der Waals surface area (Å²) in [6, 6.07) is 25.3. The Morgan fingerprint density at radius 2 is 1.46 bits per heavy atom. The molecular formula is C25H22N6O4. The number of amides is 1. The lowest BCUT2D eigenvalue weighted by Gasteiger charge is -2.18. The van der Waals surface area contributed by atoms with Gasteiger partial charge in [0.2, 0.25) is 17.5 Å². The van der Waals surface area contributed by atoms with Gasteiger partial charge in [-0.2, -0.15) is 0 Å². The lowest BCUT2D eigenvalue weighted by molar-refractivity contribution is -0.383. The second-order valence-electron chi connectivity index (χ2n) is 7.40. The minimum Gasteiger partial charge on any atom is -0.497 e. The first-order chi connectivity index (χ1) is 17.1. The number of hydrogen-bond acceptors (Lipinski definition) is 8. The summed E-state index contributed by atoms with van der Waals surface area (Å²) in [5, 5.41) is 14.8. The molecule has 1 amide bonds. The molecule has 176 valence electrons. The molecule has 0 spiro atoms. The molecule has 3 N–H and O–H groups in total. The quantitative estimate of drug-likeness (QED) is 0.242. The minimum atomic E-state index is -0.636. The van der Waals surface area contributed by atoms with Crippen LogP contribution in [0.15, 0.2) is 91.3 Å². The van der Waals surface area contributed by atoms with Crippen LogP contribution in [0.2, 0.25) is 0 Å². The van der Waals surface area contributed by atoms with E-state index in [9.17, 15) is 14.9 Å². The van der Waals surface area contributed by atoms with Crippen molar-refractivity contribution in [2.24, 2.45) is 0 Å². The summed E-state index contributed by atoms with van der Waals surface area (Å²) in [6.45, 7) is 0. The van der Waals surface area contributed by atoms with Crippen molar-refractivity contribution in [3.05, 3.63) is 112 Å². The Hall–Kier alpha value is -4.99. The van der Waals surface area contributed by atoms with Crippen molar-refractivity contribution in [1.29, 1.82) is 0 Å². The summed E-state index contributed by atoms with van der Waals surface area (Å²) in [5.74, 6) is -0.587. The average Bonchev–Trinajstić information content (AvgIpc) is 2.89. The molecule has 0 saturated heterocycles. The zero-order chi connectivity index (χ0) is 24.6. The molecule has 0 aliphatic heterocycles. The number of carbonyl (C=O) groups is 1. The third-order valence-corrected chi connectivity index (χ3v) is 5.19. The van der Waals surface area contributed by atoms with E-state index in [2.05, 4.69) is 26.1 Å². The van der Waals surface area contributed by atoms with Gasteiger partial charge in [0.15, 0.2) is 0 Å². The Morgan fingerprint density at radius 1 is 0.886 bits per heavy atom. The summed E-state index contributed by atoms with van der Waals surface area (Å²) in [5.41, 5.74) is 6.87. The standard InChI is InChI=1S/C25H22N6O4/c1-35-20-14-12-19(13-15-20)28-23-22(31(33)34)24(27-16-26-23)29-30-25(32)21(17-8-4-2-5-9-17)18-10-6-3-7-11-18/h2-16,21H,1H3,(H,30,32)(H2,26,27,28,29). The third-order valence-electron chi connectivity index (χ3n) is 5.19. The van der Waals surface area contributed by atoms with E-state index in [0.717, 1.165) is 11.1 Å². The molecule has 4 aromatic rings. The third kappa shape index (κ3) is 5.50. The highest BCUT2D eigenvalue weighted by atomic mass is 16.6. The summed E-state index contributed by atoms with van der Waals surface area (Å²) in [6.07, 6.45) is 1.17. The Balaban J connectivity index is 1.58. The Bertz CT molecular complexity index is 1260. The molecule has 0 aliphatic rings. The van der Waals surface area contributed by atoms with Gasteiger partial charge in [-0.05, 0) is 35.4 Å². The summed E-state index contributed by atoms with van der Waals surface area (Å²) >= 11 is 0. The van der Waals surface area contributed by atoms with E-state index in [0.29, 0.717) is 11.4 Å². The van der Waals surface area contributed by atoms with Crippen molar-refractivity contribution in [3.63, 3.8) is 0 Å². The number of aromatic nitrogens is 2. The maximum absolute atomic E-state index is 13.2. The zero-order valence-electron chi connectivity index (χ0n) is 18.7. The number of methoxy groups -OCH3 is 1. The molecule has 4 rings (SSSR count). The maximum Gasteiger partial charge on any atom is 0.355 e. The molecule has 0 fully saturated rings. The normalized spacial score (nSPS) is 10.5. The van der Waals surface area contributed by atoms with Crippen molar-refractivity contribution in [2.45, 2.75) is 5.92 Å². The molecule has 0 atom stereocenters. The first-order valence-corrected chi connectivity index (χ1v) is 10.6. The molecule has 0 saturated carbocycles. The lowest BCUT2D eigenvalue weighted by atomic mass is 9.91. The van der Waals surface area contributed by atoms with Gasteiger partial charge >= 0.3 is 5.69 Å². The fraction of sp³-hybridized carbons (Fsp3) is 0.0800. The first kappa shape index (κ1) is 23.2. The van der Waals surface area contributed by atoms with Crippen LogP contribution in [0.4, 0.5) is 23.0 Å². The van der Waals surface area contributed by atoms with Crippen molar-refractivity contribution in [2.75, 3.05) is 17.9 Å². The second kappa shape index (κ2) is 10.8. The number of nitrogens with one attached hydrogen (secondary N) is 3. The van der Waals surface area contributed by atoms with Crippen LogP contribution < -0.4 is 20.9 Å². The average molecular weight is 470 g/mol. The Morgan fingerprint density at radius 3 is 2.00 bits per heavy atom. The highest BCUT2D eigenvalue weighted by Gasteiger charge is 2.26. The van der Waals surface area contributed by atoms with Crippen LogP contribution in [-0.4, -0.2) is 27.9 Å². The zero-order valence-corrected chi connectivity index (χ0v) is 18.7. The molecule has 0 unspecified atom stereocenters. The number of anilines is 3. The van der Waals surface area contributed by atoms with Crippen molar-refractivity contribution in [3.8, 4) is 5.75 Å². The SMILES string of the molecule is COc1ccc(Nc2ncnc(NNC(=O)C(c3ccccc3)c3ccccc3)c2[N+](=O)[O-])cc1. The van der Waals surface area contributed by atoms with Crippen LogP contribution in [0, 0.1) is 10.1 Å². The van der Waals surface area contributed by atoms with Gasteiger partial charge in [-0.15, -0.1) is 0 Å². The van der Waals surface area contributed by atoms with Gasteiger partial charge in [0, 0.05) is 5.69 Å². The predicted molar refractivity (Wildman–Crippen MR) is 131 cm³/mol. The van der Waals surface area contributed by atoms with Crippen LogP contribution in [0.3, 0.4) is 0 Å². The molecule has 10 nitrogen and oxygen atoms in total. The number of nitro groups is 1. The van der Waals surface area contributed by atoms with E-state index in [4.69, 9.17) is 4.74 Å². The number of hydrogen-bond donors (Lipinski definition) is 3. The monoisotopic (exact) mass is 470 g/mol. The fourth-order valence-corrected chi connectivity index (χ4v) is 3.52. The van der Waals surface area contributed by atoms with Gasteiger partial charge in [-0.25, -0.2) is 9.97 Å². The molecule has 35 heavy (non-hydrogen) atoms. The molecule has 0 bridgehead atoms. The number of ether oxygens (including phenoxy) is 1. The smallest absolute Gasteiger partial charge is 0.355 e. The first-order valence-electron chi connectivity index (χ1n) is 10.6. The largest absolute Gasteiger partial charge is 0.497 e. The van der Waals surface area contributed by atoms with Crippen molar-refractivity contribution < 1.29 is 14.5 Å². The molecule has 0 aliphatic carbocycles. The second-order valence-corrected chi connectivity index (χ2v) is 7.40. The van der Waals surface area contributed by atoms with Crippen molar-refractivity contribution in [1.82, 2.24) is 15.4 Å². The molecule has 1 heterocycles. The van der Waals surface area contributed by atoms with Crippen LogP contribution in [0.5, 0.6) is 5.75 Å². The van der Waals surface area contributed by atoms with Crippen LogP contribution >= 0.6 is 0 Å². The van der Waals surface area contributed by atoms with Crippen molar-refractivity contribution >= 4 is 28.9 Å². The Labute approximate surface area is 201 Å². The predicted octanol–water partition coefficient (Wildman–Crippen LogP) is 4.41. The van der Waals surface area contributed by atoms with E-state index < -0.39 is 22.4 Å². The molecule has 0 radical (unpaired) electrons. The number of rotatable bonds is 9. The topological polar surface area (TPSA) is 131 Å². The van der Waals surface area contributed by atoms with Gasteiger partial charge in [0.05, 0.1) is 18.0 Å². The summed E-state index contributed by atoms with van der Waals surface area (Å²) in [4.78, 5) is 32.4. The van der Waals surface area contributed by atoms with Crippen LogP contribution in [0.25, 0.3) is 0 Å². The van der Waals surface area contributed by atoms with E-state index in [1.165, 1.54) is 6.33 Å². The molecular weight excluding hydrogens is 448 g/mol. The summed E-state index contributed by atoms with van der Waals surface area (Å²) < 4.78 is 5.13. The number of carbonyl (C=O) groups excluding carboxylic acids is 1. The van der Waals surface area contributed by atoms with Gasteiger partial charge in [0.1, 0.15) is 12.1 Å². The number of hydrazine groups is 1.